The zero-order chi connectivity index (χ0) is 17.6. The van der Waals surface area contributed by atoms with Crippen LogP contribution in [0.5, 0.6) is 5.75 Å². The number of halogens is 1. The maximum absolute atomic E-state index is 12.1. The van der Waals surface area contributed by atoms with Gasteiger partial charge in [0.15, 0.2) is 15.6 Å². The van der Waals surface area contributed by atoms with Crippen LogP contribution in [0.15, 0.2) is 53.4 Å². The van der Waals surface area contributed by atoms with E-state index in [0.29, 0.717) is 17.4 Å². The number of esters is 1. The predicted molar refractivity (Wildman–Crippen MR) is 90.9 cm³/mol. The van der Waals surface area contributed by atoms with Crippen molar-refractivity contribution < 1.29 is 22.7 Å². The molecule has 0 radical (unpaired) electrons. The minimum atomic E-state index is -3.72. The Labute approximate surface area is 146 Å². The summed E-state index contributed by atoms with van der Waals surface area (Å²) in [7, 11) is -3.72. The third kappa shape index (κ3) is 5.25. The van der Waals surface area contributed by atoms with Gasteiger partial charge < -0.3 is 9.47 Å². The number of hydrogen-bond donors (Lipinski definition) is 0. The van der Waals surface area contributed by atoms with Crippen LogP contribution in [0.4, 0.5) is 0 Å². The van der Waals surface area contributed by atoms with E-state index < -0.39 is 21.6 Å². The quantitative estimate of drug-likeness (QED) is 0.701. The van der Waals surface area contributed by atoms with E-state index in [2.05, 4.69) is 4.74 Å². The van der Waals surface area contributed by atoms with Crippen molar-refractivity contribution >= 4 is 27.4 Å². The summed E-state index contributed by atoms with van der Waals surface area (Å²) in [5, 5.41) is 0.648. The van der Waals surface area contributed by atoms with Crippen LogP contribution in [0.2, 0.25) is 5.02 Å². The first-order valence-electron chi connectivity index (χ1n) is 7.26. The number of hydrogen-bond acceptors (Lipinski definition) is 5. The van der Waals surface area contributed by atoms with Gasteiger partial charge in [0.1, 0.15) is 12.4 Å². The molecule has 0 unspecified atom stereocenters. The Morgan fingerprint density at radius 2 is 1.67 bits per heavy atom. The molecule has 0 aliphatic rings. The van der Waals surface area contributed by atoms with Crippen molar-refractivity contribution in [3.05, 3.63) is 59.1 Å². The number of rotatable bonds is 7. The van der Waals surface area contributed by atoms with E-state index in [1.165, 1.54) is 12.1 Å². The fraction of sp³-hybridized carbons (Fsp3) is 0.235. The van der Waals surface area contributed by atoms with Crippen molar-refractivity contribution in [1.82, 2.24) is 0 Å². The van der Waals surface area contributed by atoms with Crippen LogP contribution in [-0.2, 0) is 26.0 Å². The van der Waals surface area contributed by atoms with Crippen LogP contribution >= 0.6 is 11.6 Å². The van der Waals surface area contributed by atoms with Crippen molar-refractivity contribution in [3.63, 3.8) is 0 Å². The average molecular weight is 369 g/mol. The topological polar surface area (TPSA) is 69.7 Å². The molecule has 24 heavy (non-hydrogen) atoms. The lowest BCUT2D eigenvalue weighted by molar-refractivity contribution is -0.139. The number of carbonyl (C=O) groups is 1. The molecule has 0 amide bonds. The van der Waals surface area contributed by atoms with Gasteiger partial charge in [-0.1, -0.05) is 23.7 Å². The molecule has 0 aliphatic carbocycles. The zero-order valence-electron chi connectivity index (χ0n) is 13.1. The van der Waals surface area contributed by atoms with Gasteiger partial charge in [-0.25, -0.2) is 8.42 Å². The summed E-state index contributed by atoms with van der Waals surface area (Å²) in [6, 6.07) is 13.1. The first kappa shape index (κ1) is 18.3. The lowest BCUT2D eigenvalue weighted by Gasteiger charge is -2.08. The minimum Gasteiger partial charge on any atom is -0.489 e. The second-order valence-electron chi connectivity index (χ2n) is 4.95. The van der Waals surface area contributed by atoms with Gasteiger partial charge in [0.25, 0.3) is 0 Å². The molecule has 0 aromatic heterocycles. The molecule has 0 saturated heterocycles. The molecular weight excluding hydrogens is 352 g/mol. The molecular formula is C17H17ClO5S. The van der Waals surface area contributed by atoms with Crippen molar-refractivity contribution in [2.45, 2.75) is 18.4 Å². The van der Waals surface area contributed by atoms with E-state index in [1.54, 1.807) is 31.2 Å². The number of ether oxygens (including phenoxy) is 2. The molecule has 0 fully saturated rings. The second kappa shape index (κ2) is 8.17. The fourth-order valence-electron chi connectivity index (χ4n) is 1.93. The summed E-state index contributed by atoms with van der Waals surface area (Å²) in [6.07, 6.45) is 0. The highest BCUT2D eigenvalue weighted by atomic mass is 35.5. The van der Waals surface area contributed by atoms with Gasteiger partial charge in [-0.2, -0.15) is 0 Å². The van der Waals surface area contributed by atoms with E-state index in [-0.39, 0.29) is 11.5 Å². The SMILES string of the molecule is CCOC(=O)CS(=O)(=O)c1ccc(OCc2ccc(Cl)cc2)cc1. The van der Waals surface area contributed by atoms with Crippen molar-refractivity contribution in [1.29, 1.82) is 0 Å². The van der Waals surface area contributed by atoms with Crippen LogP contribution in [0, 0.1) is 0 Å². The van der Waals surface area contributed by atoms with Gasteiger partial charge in [0, 0.05) is 5.02 Å². The predicted octanol–water partition coefficient (Wildman–Crippen LogP) is 3.26. The highest BCUT2D eigenvalue weighted by Gasteiger charge is 2.20. The maximum Gasteiger partial charge on any atom is 0.321 e. The van der Waals surface area contributed by atoms with Gasteiger partial charge in [-0.3, -0.25) is 4.79 Å². The van der Waals surface area contributed by atoms with Crippen molar-refractivity contribution in [2.24, 2.45) is 0 Å². The monoisotopic (exact) mass is 368 g/mol. The highest BCUT2D eigenvalue weighted by molar-refractivity contribution is 7.92. The Balaban J connectivity index is 1.99. The van der Waals surface area contributed by atoms with Crippen molar-refractivity contribution in [3.8, 4) is 5.75 Å². The fourth-order valence-corrected chi connectivity index (χ4v) is 3.17. The van der Waals surface area contributed by atoms with E-state index >= 15 is 0 Å². The Kier molecular flexibility index (Phi) is 6.23. The standard InChI is InChI=1S/C17H17ClO5S/c1-2-22-17(19)12-24(20,21)16-9-7-15(8-10-16)23-11-13-3-5-14(18)6-4-13/h3-10H,2,11-12H2,1H3. The maximum atomic E-state index is 12.1. The molecule has 128 valence electrons. The largest absolute Gasteiger partial charge is 0.489 e. The van der Waals surface area contributed by atoms with E-state index in [4.69, 9.17) is 16.3 Å². The molecule has 0 heterocycles. The number of benzene rings is 2. The Bertz CT molecular complexity index is 783. The van der Waals surface area contributed by atoms with E-state index in [0.717, 1.165) is 5.56 Å². The summed E-state index contributed by atoms with van der Waals surface area (Å²) >= 11 is 5.81. The van der Waals surface area contributed by atoms with Gasteiger partial charge in [-0.15, -0.1) is 0 Å². The smallest absolute Gasteiger partial charge is 0.321 e. The lowest BCUT2D eigenvalue weighted by atomic mass is 10.2. The average Bonchev–Trinajstić information content (AvgIpc) is 2.54. The zero-order valence-corrected chi connectivity index (χ0v) is 14.6. The third-order valence-electron chi connectivity index (χ3n) is 3.11. The highest BCUT2D eigenvalue weighted by Crippen LogP contribution is 2.19. The van der Waals surface area contributed by atoms with E-state index in [1.807, 2.05) is 12.1 Å². The van der Waals surface area contributed by atoms with Gasteiger partial charge in [0.05, 0.1) is 11.5 Å². The summed E-state index contributed by atoms with van der Waals surface area (Å²) in [5.41, 5.74) is 0.943. The Hall–Kier alpha value is -2.05. The molecule has 0 saturated carbocycles. The summed E-state index contributed by atoms with van der Waals surface area (Å²) in [5.74, 6) is -0.910. The second-order valence-corrected chi connectivity index (χ2v) is 7.38. The first-order valence-corrected chi connectivity index (χ1v) is 9.29. The van der Waals surface area contributed by atoms with Crippen LogP contribution in [0.25, 0.3) is 0 Å². The lowest BCUT2D eigenvalue weighted by Crippen LogP contribution is -2.18. The molecule has 5 nitrogen and oxygen atoms in total. The molecule has 2 rings (SSSR count). The molecule has 0 aliphatic heterocycles. The first-order chi connectivity index (χ1) is 11.4. The molecule has 7 heteroatoms. The summed E-state index contributed by atoms with van der Waals surface area (Å²) < 4.78 is 34.4. The third-order valence-corrected chi connectivity index (χ3v) is 4.97. The van der Waals surface area contributed by atoms with Gasteiger partial charge in [-0.05, 0) is 48.9 Å². The minimum absolute atomic E-state index is 0.0504. The van der Waals surface area contributed by atoms with E-state index in [9.17, 15) is 13.2 Å². The van der Waals surface area contributed by atoms with Gasteiger partial charge >= 0.3 is 5.97 Å². The molecule has 0 atom stereocenters. The summed E-state index contributed by atoms with van der Waals surface area (Å²) in [4.78, 5) is 11.4. The normalized spacial score (nSPS) is 11.1. The molecule has 2 aromatic carbocycles. The summed E-state index contributed by atoms with van der Waals surface area (Å²) in [6.45, 7) is 2.11. The molecule has 0 bridgehead atoms. The molecule has 0 N–H and O–H groups in total. The Morgan fingerprint density at radius 1 is 1.04 bits per heavy atom. The van der Waals surface area contributed by atoms with Crippen LogP contribution in [0.3, 0.4) is 0 Å². The van der Waals surface area contributed by atoms with Crippen LogP contribution < -0.4 is 4.74 Å². The number of carbonyl (C=O) groups excluding carboxylic acids is 1. The molecule has 2 aromatic rings. The van der Waals surface area contributed by atoms with Gasteiger partial charge in [0.2, 0.25) is 0 Å². The Morgan fingerprint density at radius 3 is 2.25 bits per heavy atom. The van der Waals surface area contributed by atoms with Crippen LogP contribution in [0.1, 0.15) is 12.5 Å². The number of sulfone groups is 1. The van der Waals surface area contributed by atoms with Crippen LogP contribution in [-0.4, -0.2) is 26.7 Å². The van der Waals surface area contributed by atoms with Crippen molar-refractivity contribution in [2.75, 3.05) is 12.4 Å². The molecule has 0 spiro atoms.